The molecule has 2 rings (SSSR count). The van der Waals surface area contributed by atoms with E-state index in [-0.39, 0.29) is 12.5 Å². The highest BCUT2D eigenvalue weighted by molar-refractivity contribution is 5.93. The van der Waals surface area contributed by atoms with E-state index in [0.29, 0.717) is 23.5 Å². The molecule has 6 heteroatoms. The number of aryl methyl sites for hydroxylation is 1. The lowest BCUT2D eigenvalue weighted by molar-refractivity contribution is 0.0743. The van der Waals surface area contributed by atoms with Gasteiger partial charge in [0.25, 0.3) is 5.91 Å². The number of nitrogens with zero attached hydrogens (tertiary/aromatic N) is 2. The number of halogens is 2. The summed E-state index contributed by atoms with van der Waals surface area (Å²) in [6.45, 7) is 2.48. The minimum absolute atomic E-state index is 0.206. The zero-order chi connectivity index (χ0) is 15.6. The van der Waals surface area contributed by atoms with Gasteiger partial charge in [-0.3, -0.25) is 4.79 Å². The van der Waals surface area contributed by atoms with Gasteiger partial charge in [0.1, 0.15) is 5.69 Å². The van der Waals surface area contributed by atoms with Crippen molar-refractivity contribution in [1.29, 1.82) is 0 Å². The average Bonchev–Trinajstić information content (AvgIpc) is 2.78. The third-order valence-electron chi connectivity index (χ3n) is 3.27. The Morgan fingerprint density at radius 3 is 2.52 bits per heavy atom. The summed E-state index contributed by atoms with van der Waals surface area (Å²) in [7, 11) is 1.73. The molecular formula is C15H17F2N3O. The minimum Gasteiger partial charge on any atom is -0.397 e. The summed E-state index contributed by atoms with van der Waals surface area (Å²) in [6.07, 6.45) is 1.65. The molecule has 1 heterocycles. The zero-order valence-corrected chi connectivity index (χ0v) is 11.9. The molecule has 112 valence electrons. The van der Waals surface area contributed by atoms with Crippen molar-refractivity contribution in [3.05, 3.63) is 53.4 Å². The summed E-state index contributed by atoms with van der Waals surface area (Å²) in [5.41, 5.74) is 7.16. The van der Waals surface area contributed by atoms with E-state index in [2.05, 4.69) is 0 Å². The molecule has 4 nitrogen and oxygen atoms in total. The van der Waals surface area contributed by atoms with Crippen LogP contribution in [0.2, 0.25) is 0 Å². The topological polar surface area (TPSA) is 51.3 Å². The largest absolute Gasteiger partial charge is 0.397 e. The van der Waals surface area contributed by atoms with E-state index >= 15 is 0 Å². The van der Waals surface area contributed by atoms with Crippen molar-refractivity contribution < 1.29 is 13.6 Å². The third kappa shape index (κ3) is 3.21. The maximum Gasteiger partial charge on any atom is 0.270 e. The van der Waals surface area contributed by atoms with Crippen LogP contribution in [0.5, 0.6) is 0 Å². The van der Waals surface area contributed by atoms with Gasteiger partial charge in [0.05, 0.1) is 5.69 Å². The fraction of sp³-hybridized carbons (Fsp3) is 0.267. The smallest absolute Gasteiger partial charge is 0.270 e. The molecule has 0 radical (unpaired) electrons. The fourth-order valence-electron chi connectivity index (χ4n) is 2.15. The molecule has 0 aliphatic carbocycles. The number of aromatic nitrogens is 1. The van der Waals surface area contributed by atoms with E-state index in [1.54, 1.807) is 28.8 Å². The van der Waals surface area contributed by atoms with Crippen LogP contribution in [0.4, 0.5) is 14.5 Å². The second-order valence-electron chi connectivity index (χ2n) is 4.84. The van der Waals surface area contributed by atoms with E-state index in [1.807, 2.05) is 6.92 Å². The first-order chi connectivity index (χ1) is 9.92. The van der Waals surface area contributed by atoms with Crippen molar-refractivity contribution in [1.82, 2.24) is 9.47 Å². The maximum absolute atomic E-state index is 13.2. The second-order valence-corrected chi connectivity index (χ2v) is 4.84. The number of amides is 1. The molecule has 0 fully saturated rings. The summed E-state index contributed by atoms with van der Waals surface area (Å²) >= 11 is 0. The Labute approximate surface area is 121 Å². The van der Waals surface area contributed by atoms with Crippen LogP contribution in [-0.4, -0.2) is 21.9 Å². The number of hydrogen-bond donors (Lipinski definition) is 1. The summed E-state index contributed by atoms with van der Waals surface area (Å²) < 4.78 is 27.8. The molecule has 2 aromatic rings. The molecule has 0 saturated heterocycles. The van der Waals surface area contributed by atoms with Crippen LogP contribution in [0, 0.1) is 11.6 Å². The Kier molecular flexibility index (Phi) is 4.26. The van der Waals surface area contributed by atoms with Crippen molar-refractivity contribution in [3.8, 4) is 0 Å². The minimum atomic E-state index is -0.917. The lowest BCUT2D eigenvalue weighted by Gasteiger charge is -2.21. The molecule has 0 saturated carbocycles. The van der Waals surface area contributed by atoms with Gasteiger partial charge in [-0.25, -0.2) is 8.78 Å². The van der Waals surface area contributed by atoms with E-state index in [9.17, 15) is 13.6 Å². The molecule has 0 aliphatic rings. The van der Waals surface area contributed by atoms with Gasteiger partial charge in [-0.2, -0.15) is 0 Å². The van der Waals surface area contributed by atoms with Crippen molar-refractivity contribution in [2.45, 2.75) is 13.5 Å². The Balaban J connectivity index is 2.21. The lowest BCUT2D eigenvalue weighted by Crippen LogP contribution is -2.31. The third-order valence-corrected chi connectivity index (χ3v) is 3.27. The lowest BCUT2D eigenvalue weighted by atomic mass is 10.2. The van der Waals surface area contributed by atoms with Crippen molar-refractivity contribution in [2.24, 2.45) is 7.05 Å². The number of nitrogens with two attached hydrogens (primary N) is 1. The summed E-state index contributed by atoms with van der Waals surface area (Å²) in [5.74, 6) is -2.02. The van der Waals surface area contributed by atoms with Gasteiger partial charge < -0.3 is 15.2 Å². The van der Waals surface area contributed by atoms with Crippen LogP contribution in [0.15, 0.2) is 30.5 Å². The van der Waals surface area contributed by atoms with Gasteiger partial charge >= 0.3 is 0 Å². The summed E-state index contributed by atoms with van der Waals surface area (Å²) in [6, 6.07) is 5.22. The molecule has 0 unspecified atom stereocenters. The quantitative estimate of drug-likeness (QED) is 0.942. The second kappa shape index (κ2) is 5.95. The first-order valence-electron chi connectivity index (χ1n) is 6.57. The number of nitrogen functional groups attached to an aromatic ring is 1. The number of carbonyl (C=O) groups excluding carboxylic acids is 1. The summed E-state index contributed by atoms with van der Waals surface area (Å²) in [4.78, 5) is 14.0. The number of anilines is 1. The van der Waals surface area contributed by atoms with Crippen LogP contribution in [0.3, 0.4) is 0 Å². The van der Waals surface area contributed by atoms with E-state index in [0.717, 1.165) is 12.1 Å². The van der Waals surface area contributed by atoms with Crippen molar-refractivity contribution >= 4 is 11.6 Å². The van der Waals surface area contributed by atoms with Gasteiger partial charge in [-0.15, -0.1) is 0 Å². The van der Waals surface area contributed by atoms with Crippen LogP contribution >= 0.6 is 0 Å². The molecule has 21 heavy (non-hydrogen) atoms. The van der Waals surface area contributed by atoms with Gasteiger partial charge in [0.15, 0.2) is 11.6 Å². The van der Waals surface area contributed by atoms with Crippen molar-refractivity contribution in [3.63, 3.8) is 0 Å². The van der Waals surface area contributed by atoms with E-state index in [1.165, 1.54) is 6.07 Å². The number of rotatable bonds is 4. The molecule has 0 aliphatic heterocycles. The fourth-order valence-corrected chi connectivity index (χ4v) is 2.15. The highest BCUT2D eigenvalue weighted by atomic mass is 19.2. The summed E-state index contributed by atoms with van der Waals surface area (Å²) in [5, 5.41) is 0. The molecule has 0 spiro atoms. The molecule has 1 amide bonds. The predicted octanol–water partition coefficient (Wildman–Crippen LogP) is 2.55. The molecule has 0 atom stereocenters. The highest BCUT2D eigenvalue weighted by Gasteiger charge is 2.18. The number of carbonyl (C=O) groups is 1. The van der Waals surface area contributed by atoms with Gasteiger partial charge in [0, 0.05) is 26.3 Å². The van der Waals surface area contributed by atoms with Gasteiger partial charge in [0.2, 0.25) is 0 Å². The maximum atomic E-state index is 13.2. The normalized spacial score (nSPS) is 10.7. The Bertz CT molecular complexity index is 667. The predicted molar refractivity (Wildman–Crippen MR) is 76.6 cm³/mol. The Morgan fingerprint density at radius 2 is 2.00 bits per heavy atom. The molecule has 0 bridgehead atoms. The molecule has 1 aromatic heterocycles. The SMILES string of the molecule is CCN(Cc1ccc(F)c(F)c1)C(=O)c1cc(N)cn1C. The van der Waals surface area contributed by atoms with E-state index < -0.39 is 11.6 Å². The van der Waals surface area contributed by atoms with Crippen LogP contribution in [-0.2, 0) is 13.6 Å². The molecule has 2 N–H and O–H groups in total. The monoisotopic (exact) mass is 293 g/mol. The highest BCUT2D eigenvalue weighted by Crippen LogP contribution is 2.15. The number of benzene rings is 1. The van der Waals surface area contributed by atoms with Crippen molar-refractivity contribution in [2.75, 3.05) is 12.3 Å². The van der Waals surface area contributed by atoms with E-state index in [4.69, 9.17) is 5.73 Å². The van der Waals surface area contributed by atoms with Gasteiger partial charge in [-0.1, -0.05) is 6.07 Å². The van der Waals surface area contributed by atoms with Crippen LogP contribution < -0.4 is 5.73 Å². The first-order valence-corrected chi connectivity index (χ1v) is 6.57. The molecule has 1 aromatic carbocycles. The number of hydrogen-bond acceptors (Lipinski definition) is 2. The van der Waals surface area contributed by atoms with Gasteiger partial charge in [-0.05, 0) is 30.7 Å². The van der Waals surface area contributed by atoms with Crippen LogP contribution in [0.25, 0.3) is 0 Å². The molecular weight excluding hydrogens is 276 g/mol. The Hall–Kier alpha value is -2.37. The average molecular weight is 293 g/mol. The standard InChI is InChI=1S/C15H17F2N3O/c1-3-20(8-10-4-5-12(16)13(17)6-10)15(21)14-7-11(18)9-19(14)2/h4-7,9H,3,8,18H2,1-2H3. The van der Waals surface area contributed by atoms with Crippen LogP contribution in [0.1, 0.15) is 23.0 Å². The Morgan fingerprint density at radius 1 is 1.29 bits per heavy atom. The zero-order valence-electron chi connectivity index (χ0n) is 11.9. The first kappa shape index (κ1) is 15.0.